The Morgan fingerprint density at radius 2 is 1.64 bits per heavy atom. The quantitative estimate of drug-likeness (QED) is 0.573. The number of anilines is 2. The molecule has 0 bridgehead atoms. The molecule has 1 saturated heterocycles. The van der Waals surface area contributed by atoms with Gasteiger partial charge in [0.15, 0.2) is 0 Å². The van der Waals surface area contributed by atoms with Crippen LogP contribution in [0.3, 0.4) is 0 Å². The van der Waals surface area contributed by atoms with Gasteiger partial charge in [0, 0.05) is 31.7 Å². The maximum absolute atomic E-state index is 14.0. The number of nitrogens with one attached hydrogen (secondary N) is 1. The number of amides is 1. The highest BCUT2D eigenvalue weighted by atomic mass is 32.2. The van der Waals surface area contributed by atoms with Crippen molar-refractivity contribution in [1.82, 2.24) is 4.31 Å². The fourth-order valence-electron chi connectivity index (χ4n) is 3.69. The van der Waals surface area contributed by atoms with Gasteiger partial charge in [0.2, 0.25) is 26.0 Å². The number of benzene rings is 2. The lowest BCUT2D eigenvalue weighted by atomic mass is 10.2. The van der Waals surface area contributed by atoms with Crippen LogP contribution in [-0.4, -0.2) is 52.9 Å². The summed E-state index contributed by atoms with van der Waals surface area (Å²) in [5, 5.41) is 2.67. The molecule has 11 heteroatoms. The summed E-state index contributed by atoms with van der Waals surface area (Å²) in [6, 6.07) is 11.5. The number of rotatable bonds is 9. The Balaban J connectivity index is 1.57. The molecule has 1 aliphatic heterocycles. The van der Waals surface area contributed by atoms with Crippen molar-refractivity contribution in [2.75, 3.05) is 35.5 Å². The lowest BCUT2D eigenvalue weighted by Gasteiger charge is -2.25. The van der Waals surface area contributed by atoms with E-state index in [1.807, 2.05) is 0 Å². The van der Waals surface area contributed by atoms with Crippen LogP contribution >= 0.6 is 0 Å². The van der Waals surface area contributed by atoms with Crippen LogP contribution < -0.4 is 9.62 Å². The van der Waals surface area contributed by atoms with Crippen LogP contribution in [0.15, 0.2) is 53.4 Å². The number of hydrogen-bond acceptors (Lipinski definition) is 5. The van der Waals surface area contributed by atoms with Crippen LogP contribution in [0.4, 0.5) is 15.8 Å². The van der Waals surface area contributed by atoms with E-state index in [1.54, 1.807) is 6.07 Å². The molecule has 0 aromatic heterocycles. The molecule has 0 atom stereocenters. The fraction of sp³-hybridized carbons (Fsp3) is 0.409. The second-order valence-corrected chi connectivity index (χ2v) is 11.8. The van der Waals surface area contributed by atoms with Gasteiger partial charge in [0.1, 0.15) is 5.82 Å². The summed E-state index contributed by atoms with van der Waals surface area (Å²) >= 11 is 0. The Bertz CT molecular complexity index is 1180. The third-order valence-electron chi connectivity index (χ3n) is 5.38. The van der Waals surface area contributed by atoms with E-state index < -0.39 is 25.9 Å². The Labute approximate surface area is 194 Å². The minimum Gasteiger partial charge on any atom is -0.326 e. The second kappa shape index (κ2) is 10.6. The minimum absolute atomic E-state index is 0.00823. The summed E-state index contributed by atoms with van der Waals surface area (Å²) in [6.07, 6.45) is 3.89. The maximum Gasteiger partial charge on any atom is 0.243 e. The average molecular weight is 498 g/mol. The number of sulfonamides is 2. The second-order valence-electron chi connectivity index (χ2n) is 7.93. The summed E-state index contributed by atoms with van der Waals surface area (Å²) in [7, 11) is -7.27. The number of carbonyl (C=O) groups is 1. The van der Waals surface area contributed by atoms with E-state index in [-0.39, 0.29) is 35.9 Å². The summed E-state index contributed by atoms with van der Waals surface area (Å²) < 4.78 is 66.0. The van der Waals surface area contributed by atoms with Gasteiger partial charge in [-0.3, -0.25) is 9.10 Å². The lowest BCUT2D eigenvalue weighted by molar-refractivity contribution is -0.116. The van der Waals surface area contributed by atoms with Crippen molar-refractivity contribution in [3.05, 3.63) is 54.3 Å². The number of carbonyl (C=O) groups excluding carboxylic acids is 1. The van der Waals surface area contributed by atoms with Gasteiger partial charge in [-0.1, -0.05) is 18.6 Å². The molecule has 0 aliphatic carbocycles. The largest absolute Gasteiger partial charge is 0.326 e. The SMILES string of the molecule is CS(=O)(=O)N(CCCC(=O)Nc1ccc(S(=O)(=O)N2CCCCC2)cc1)c1ccccc1F. The van der Waals surface area contributed by atoms with E-state index in [2.05, 4.69) is 5.32 Å². The van der Waals surface area contributed by atoms with Crippen molar-refractivity contribution in [3.8, 4) is 0 Å². The predicted octanol–water partition coefficient (Wildman–Crippen LogP) is 3.19. The van der Waals surface area contributed by atoms with Crippen molar-refractivity contribution in [2.45, 2.75) is 37.0 Å². The van der Waals surface area contributed by atoms with Crippen LogP contribution in [0.1, 0.15) is 32.1 Å². The monoisotopic (exact) mass is 497 g/mol. The standard InChI is InChI=1S/C22H28FN3O5S2/c1-32(28,29)26(21-9-4-3-8-20(21)23)17-7-10-22(27)24-18-11-13-19(14-12-18)33(30,31)25-15-5-2-6-16-25/h3-4,8-9,11-14H,2,5-7,10,15-17H2,1H3,(H,24,27). The molecule has 8 nitrogen and oxygen atoms in total. The van der Waals surface area contributed by atoms with Crippen molar-refractivity contribution in [2.24, 2.45) is 0 Å². The minimum atomic E-state index is -3.72. The molecular formula is C22H28FN3O5S2. The Morgan fingerprint density at radius 1 is 1.00 bits per heavy atom. The van der Waals surface area contributed by atoms with Crippen LogP contribution in [0.5, 0.6) is 0 Å². The van der Waals surface area contributed by atoms with Crippen molar-refractivity contribution in [1.29, 1.82) is 0 Å². The van der Waals surface area contributed by atoms with Gasteiger partial charge < -0.3 is 5.32 Å². The molecule has 1 aliphatic rings. The van der Waals surface area contributed by atoms with E-state index >= 15 is 0 Å². The van der Waals surface area contributed by atoms with E-state index in [0.717, 1.165) is 29.8 Å². The highest BCUT2D eigenvalue weighted by molar-refractivity contribution is 7.92. The Kier molecular flexibility index (Phi) is 8.09. The molecule has 1 fully saturated rings. The zero-order chi connectivity index (χ0) is 24.1. The molecule has 180 valence electrons. The topological polar surface area (TPSA) is 104 Å². The van der Waals surface area contributed by atoms with Gasteiger partial charge in [-0.05, 0) is 55.7 Å². The predicted molar refractivity (Wildman–Crippen MR) is 126 cm³/mol. The molecule has 1 heterocycles. The number of hydrogen-bond donors (Lipinski definition) is 1. The third kappa shape index (κ3) is 6.52. The first-order valence-corrected chi connectivity index (χ1v) is 14.0. The van der Waals surface area contributed by atoms with Gasteiger partial charge in [-0.15, -0.1) is 0 Å². The molecule has 1 N–H and O–H groups in total. The van der Waals surface area contributed by atoms with Gasteiger partial charge in [-0.25, -0.2) is 21.2 Å². The van der Waals surface area contributed by atoms with E-state index in [9.17, 15) is 26.0 Å². The number of halogens is 1. The molecule has 3 rings (SSSR count). The molecular weight excluding hydrogens is 469 g/mol. The first-order valence-electron chi connectivity index (χ1n) is 10.7. The molecule has 0 radical (unpaired) electrons. The molecule has 0 saturated carbocycles. The normalized spacial score (nSPS) is 15.2. The lowest BCUT2D eigenvalue weighted by Crippen LogP contribution is -2.35. The summed E-state index contributed by atoms with van der Waals surface area (Å²) in [5.41, 5.74) is 0.373. The third-order valence-corrected chi connectivity index (χ3v) is 8.47. The molecule has 0 unspecified atom stereocenters. The Hall–Kier alpha value is -2.50. The van der Waals surface area contributed by atoms with Crippen molar-refractivity contribution in [3.63, 3.8) is 0 Å². The molecule has 1 amide bonds. The molecule has 2 aromatic rings. The van der Waals surface area contributed by atoms with E-state index in [4.69, 9.17) is 0 Å². The Morgan fingerprint density at radius 3 is 2.24 bits per heavy atom. The fourth-order valence-corrected chi connectivity index (χ4v) is 6.17. The van der Waals surface area contributed by atoms with Gasteiger partial charge in [0.05, 0.1) is 16.8 Å². The zero-order valence-corrected chi connectivity index (χ0v) is 20.0. The molecule has 2 aromatic carbocycles. The van der Waals surface area contributed by atoms with Gasteiger partial charge in [-0.2, -0.15) is 4.31 Å². The van der Waals surface area contributed by atoms with Crippen LogP contribution in [0.2, 0.25) is 0 Å². The number of para-hydroxylation sites is 1. The van der Waals surface area contributed by atoms with Gasteiger partial charge in [0.25, 0.3) is 0 Å². The number of piperidine rings is 1. The summed E-state index contributed by atoms with van der Waals surface area (Å²) in [6.45, 7) is 0.969. The molecule has 0 spiro atoms. The van der Waals surface area contributed by atoms with Crippen LogP contribution in [-0.2, 0) is 24.8 Å². The zero-order valence-electron chi connectivity index (χ0n) is 18.4. The van der Waals surface area contributed by atoms with Crippen LogP contribution in [0, 0.1) is 5.82 Å². The molecule has 33 heavy (non-hydrogen) atoms. The maximum atomic E-state index is 14.0. The first-order chi connectivity index (χ1) is 15.6. The first kappa shape index (κ1) is 25.1. The van der Waals surface area contributed by atoms with E-state index in [1.165, 1.54) is 46.8 Å². The smallest absolute Gasteiger partial charge is 0.243 e. The number of nitrogens with zero attached hydrogens (tertiary/aromatic N) is 2. The average Bonchev–Trinajstić information content (AvgIpc) is 2.78. The summed E-state index contributed by atoms with van der Waals surface area (Å²) in [5.74, 6) is -1.02. The van der Waals surface area contributed by atoms with Crippen molar-refractivity contribution < 1.29 is 26.0 Å². The van der Waals surface area contributed by atoms with Crippen molar-refractivity contribution >= 4 is 37.3 Å². The summed E-state index contributed by atoms with van der Waals surface area (Å²) in [4.78, 5) is 12.5. The highest BCUT2D eigenvalue weighted by Crippen LogP contribution is 2.23. The van der Waals surface area contributed by atoms with Gasteiger partial charge >= 0.3 is 0 Å². The highest BCUT2D eigenvalue weighted by Gasteiger charge is 2.26. The van der Waals surface area contributed by atoms with Crippen LogP contribution in [0.25, 0.3) is 0 Å². The van der Waals surface area contributed by atoms with E-state index in [0.29, 0.717) is 18.8 Å².